The summed E-state index contributed by atoms with van der Waals surface area (Å²) in [5, 5.41) is 7.64. The Hall–Kier alpha value is -1.66. The van der Waals surface area contributed by atoms with E-state index in [0.29, 0.717) is 19.1 Å². The van der Waals surface area contributed by atoms with Crippen molar-refractivity contribution in [3.05, 3.63) is 23.9 Å². The molecule has 3 rings (SSSR count). The van der Waals surface area contributed by atoms with Gasteiger partial charge < -0.3 is 14.8 Å². The molecule has 1 aliphatic heterocycles. The zero-order chi connectivity index (χ0) is 13.3. The largest absolute Gasteiger partial charge is 0.378 e. The Labute approximate surface area is 111 Å². The summed E-state index contributed by atoms with van der Waals surface area (Å²) in [5.74, 6) is 0.619. The zero-order valence-electron chi connectivity index (χ0n) is 11.2. The van der Waals surface area contributed by atoms with Crippen molar-refractivity contribution in [2.45, 2.75) is 18.9 Å². The lowest BCUT2D eigenvalue weighted by molar-refractivity contribution is -0.00630. The van der Waals surface area contributed by atoms with Gasteiger partial charge >= 0.3 is 0 Å². The van der Waals surface area contributed by atoms with Crippen LogP contribution in [0.3, 0.4) is 0 Å². The first-order valence-electron chi connectivity index (χ1n) is 6.41. The van der Waals surface area contributed by atoms with E-state index in [-0.39, 0.29) is 5.60 Å². The van der Waals surface area contributed by atoms with E-state index in [0.717, 1.165) is 24.2 Å². The number of anilines is 1. The Morgan fingerprint density at radius 3 is 3.16 bits per heavy atom. The SMILES string of the molecule is COC1(CNc2nc3ccc(C)cn3n2)CCOC1. The lowest BCUT2D eigenvalue weighted by Gasteiger charge is -2.25. The highest BCUT2D eigenvalue weighted by atomic mass is 16.5. The molecule has 19 heavy (non-hydrogen) atoms. The Bertz CT molecular complexity index is 575. The summed E-state index contributed by atoms with van der Waals surface area (Å²) < 4.78 is 12.7. The van der Waals surface area contributed by atoms with E-state index in [9.17, 15) is 0 Å². The summed E-state index contributed by atoms with van der Waals surface area (Å²) in [4.78, 5) is 4.42. The summed E-state index contributed by atoms with van der Waals surface area (Å²) >= 11 is 0. The molecule has 0 amide bonds. The van der Waals surface area contributed by atoms with Crippen LogP contribution in [0.2, 0.25) is 0 Å². The van der Waals surface area contributed by atoms with Crippen molar-refractivity contribution in [2.24, 2.45) is 0 Å². The molecule has 1 aliphatic rings. The topological polar surface area (TPSA) is 60.7 Å². The normalized spacial score (nSPS) is 23.1. The van der Waals surface area contributed by atoms with E-state index in [1.807, 2.05) is 25.3 Å². The standard InChI is InChI=1S/C13H18N4O2/c1-10-3-4-11-15-12(16-17(11)7-10)14-8-13(18-2)5-6-19-9-13/h3-4,7H,5-6,8-9H2,1-2H3,(H,14,16). The van der Waals surface area contributed by atoms with Crippen molar-refractivity contribution >= 4 is 11.6 Å². The van der Waals surface area contributed by atoms with Gasteiger partial charge in [0.05, 0.1) is 6.61 Å². The van der Waals surface area contributed by atoms with Crippen molar-refractivity contribution < 1.29 is 9.47 Å². The number of aromatic nitrogens is 3. The van der Waals surface area contributed by atoms with Crippen molar-refractivity contribution in [1.29, 1.82) is 0 Å². The maximum absolute atomic E-state index is 5.56. The molecular formula is C13H18N4O2. The molecule has 1 unspecified atom stereocenters. The minimum atomic E-state index is -0.257. The van der Waals surface area contributed by atoms with Gasteiger partial charge in [-0.25, -0.2) is 4.52 Å². The van der Waals surface area contributed by atoms with Gasteiger partial charge in [0.15, 0.2) is 5.65 Å². The molecule has 0 spiro atoms. The molecule has 0 saturated carbocycles. The molecule has 1 fully saturated rings. The van der Waals surface area contributed by atoms with Gasteiger partial charge in [-0.2, -0.15) is 4.98 Å². The number of aryl methyl sites for hydroxylation is 1. The molecule has 0 aromatic carbocycles. The first-order chi connectivity index (χ1) is 9.21. The van der Waals surface area contributed by atoms with Gasteiger partial charge in [-0.15, -0.1) is 5.10 Å². The predicted molar refractivity (Wildman–Crippen MR) is 71.4 cm³/mol. The van der Waals surface area contributed by atoms with Crippen molar-refractivity contribution in [1.82, 2.24) is 14.6 Å². The maximum atomic E-state index is 5.56. The zero-order valence-corrected chi connectivity index (χ0v) is 11.2. The summed E-state index contributed by atoms with van der Waals surface area (Å²) in [7, 11) is 1.72. The quantitative estimate of drug-likeness (QED) is 0.898. The van der Waals surface area contributed by atoms with E-state index < -0.39 is 0 Å². The van der Waals surface area contributed by atoms with Crippen LogP contribution in [0.4, 0.5) is 5.95 Å². The number of methoxy groups -OCH3 is 1. The van der Waals surface area contributed by atoms with E-state index in [1.54, 1.807) is 11.6 Å². The van der Waals surface area contributed by atoms with Gasteiger partial charge in [0.1, 0.15) is 5.60 Å². The van der Waals surface area contributed by atoms with Crippen LogP contribution < -0.4 is 5.32 Å². The van der Waals surface area contributed by atoms with Crippen LogP contribution in [0.5, 0.6) is 0 Å². The number of hydrogen-bond acceptors (Lipinski definition) is 5. The molecule has 1 saturated heterocycles. The average Bonchev–Trinajstić information content (AvgIpc) is 3.02. The number of rotatable bonds is 4. The fraction of sp³-hybridized carbons (Fsp3) is 0.538. The van der Waals surface area contributed by atoms with Crippen LogP contribution in [0.15, 0.2) is 18.3 Å². The number of nitrogens with zero attached hydrogens (tertiary/aromatic N) is 3. The summed E-state index contributed by atoms with van der Waals surface area (Å²) in [6.07, 6.45) is 2.85. The Morgan fingerprint density at radius 2 is 2.42 bits per heavy atom. The summed E-state index contributed by atoms with van der Waals surface area (Å²) in [6, 6.07) is 3.98. The third-order valence-electron chi connectivity index (χ3n) is 3.55. The number of ether oxygens (including phenoxy) is 2. The van der Waals surface area contributed by atoms with Crippen molar-refractivity contribution in [3.63, 3.8) is 0 Å². The highest BCUT2D eigenvalue weighted by Crippen LogP contribution is 2.22. The van der Waals surface area contributed by atoms with Crippen LogP contribution in [0.1, 0.15) is 12.0 Å². The number of fused-ring (bicyclic) bond motifs is 1. The first-order valence-corrected chi connectivity index (χ1v) is 6.41. The van der Waals surface area contributed by atoms with E-state index >= 15 is 0 Å². The number of hydrogen-bond donors (Lipinski definition) is 1. The van der Waals surface area contributed by atoms with Gasteiger partial charge in [-0.05, 0) is 18.6 Å². The molecule has 2 aromatic rings. The van der Waals surface area contributed by atoms with E-state index in [4.69, 9.17) is 9.47 Å². The molecule has 2 aromatic heterocycles. The third kappa shape index (κ3) is 2.41. The molecule has 3 heterocycles. The van der Waals surface area contributed by atoms with Crippen molar-refractivity contribution in [3.8, 4) is 0 Å². The Balaban J connectivity index is 1.74. The minimum absolute atomic E-state index is 0.257. The molecule has 6 heteroatoms. The molecule has 0 aliphatic carbocycles. The van der Waals surface area contributed by atoms with E-state index in [1.165, 1.54) is 0 Å². The Kier molecular flexibility index (Phi) is 3.12. The number of nitrogens with one attached hydrogen (secondary N) is 1. The molecule has 6 nitrogen and oxygen atoms in total. The molecule has 0 radical (unpaired) electrons. The lowest BCUT2D eigenvalue weighted by atomic mass is 10.0. The third-order valence-corrected chi connectivity index (χ3v) is 3.55. The van der Waals surface area contributed by atoms with Gasteiger partial charge in [0.25, 0.3) is 0 Å². The molecule has 1 N–H and O–H groups in total. The van der Waals surface area contributed by atoms with Crippen LogP contribution in [0.25, 0.3) is 5.65 Å². The first kappa shape index (κ1) is 12.4. The summed E-state index contributed by atoms with van der Waals surface area (Å²) in [5.41, 5.74) is 1.73. The minimum Gasteiger partial charge on any atom is -0.378 e. The van der Waals surface area contributed by atoms with Gasteiger partial charge in [0, 0.05) is 32.9 Å². The second-order valence-corrected chi connectivity index (χ2v) is 4.99. The number of pyridine rings is 1. The highest BCUT2D eigenvalue weighted by molar-refractivity contribution is 5.44. The fourth-order valence-corrected chi connectivity index (χ4v) is 2.26. The highest BCUT2D eigenvalue weighted by Gasteiger charge is 2.35. The predicted octanol–water partition coefficient (Wildman–Crippen LogP) is 1.26. The lowest BCUT2D eigenvalue weighted by Crippen LogP contribution is -2.39. The summed E-state index contributed by atoms with van der Waals surface area (Å²) in [6.45, 7) is 4.04. The van der Waals surface area contributed by atoms with E-state index in [2.05, 4.69) is 15.4 Å². The van der Waals surface area contributed by atoms with Crippen LogP contribution in [-0.2, 0) is 9.47 Å². The second-order valence-electron chi connectivity index (χ2n) is 4.99. The van der Waals surface area contributed by atoms with Gasteiger partial charge in [-0.1, -0.05) is 6.07 Å². The van der Waals surface area contributed by atoms with Gasteiger partial charge in [0.2, 0.25) is 5.95 Å². The van der Waals surface area contributed by atoms with Crippen LogP contribution in [-0.4, -0.2) is 47.1 Å². The average molecular weight is 262 g/mol. The molecule has 0 bridgehead atoms. The molecule has 102 valence electrons. The maximum Gasteiger partial charge on any atom is 0.243 e. The second kappa shape index (κ2) is 4.79. The van der Waals surface area contributed by atoms with Crippen molar-refractivity contribution in [2.75, 3.05) is 32.2 Å². The smallest absolute Gasteiger partial charge is 0.243 e. The van der Waals surface area contributed by atoms with Crippen LogP contribution in [0, 0.1) is 6.92 Å². The molecular weight excluding hydrogens is 244 g/mol. The fourth-order valence-electron chi connectivity index (χ4n) is 2.26. The monoisotopic (exact) mass is 262 g/mol. The van der Waals surface area contributed by atoms with Gasteiger partial charge in [-0.3, -0.25) is 0 Å². The Morgan fingerprint density at radius 1 is 1.53 bits per heavy atom. The molecule has 1 atom stereocenters. The van der Waals surface area contributed by atoms with Crippen LogP contribution >= 0.6 is 0 Å².